The van der Waals surface area contributed by atoms with Gasteiger partial charge in [0.1, 0.15) is 5.82 Å². The van der Waals surface area contributed by atoms with Crippen molar-refractivity contribution in [2.24, 2.45) is 5.92 Å². The molecule has 0 radical (unpaired) electrons. The Labute approximate surface area is 123 Å². The van der Waals surface area contributed by atoms with Crippen LogP contribution in [0.5, 0.6) is 0 Å². The molecule has 2 atom stereocenters. The van der Waals surface area contributed by atoms with Crippen LogP contribution in [-0.4, -0.2) is 16.1 Å². The maximum atomic E-state index is 4.97. The van der Waals surface area contributed by atoms with Crippen molar-refractivity contribution in [3.8, 4) is 0 Å². The van der Waals surface area contributed by atoms with Crippen LogP contribution in [0, 0.1) is 5.92 Å². The lowest BCUT2D eigenvalue weighted by atomic mass is 10.0. The molecule has 3 heteroatoms. The van der Waals surface area contributed by atoms with Crippen LogP contribution < -0.4 is 5.32 Å². The summed E-state index contributed by atoms with van der Waals surface area (Å²) in [4.78, 5) is 4.97. The van der Waals surface area contributed by atoms with Crippen molar-refractivity contribution in [1.82, 2.24) is 14.9 Å². The van der Waals surface area contributed by atoms with Gasteiger partial charge in [-0.25, -0.2) is 4.98 Å². The molecule has 2 heterocycles. The molecule has 3 rings (SSSR count). The second kappa shape index (κ2) is 6.30. The predicted molar refractivity (Wildman–Crippen MR) is 82.9 cm³/mol. The van der Waals surface area contributed by atoms with E-state index >= 15 is 0 Å². The molecule has 3 nitrogen and oxygen atoms in total. The van der Waals surface area contributed by atoms with Gasteiger partial charge >= 0.3 is 0 Å². The lowest BCUT2D eigenvalue weighted by Gasteiger charge is -2.24. The summed E-state index contributed by atoms with van der Waals surface area (Å²) in [6.45, 7) is 6.78. The van der Waals surface area contributed by atoms with E-state index in [1.165, 1.54) is 50.0 Å². The smallest absolute Gasteiger partial charge is 0.109 e. The van der Waals surface area contributed by atoms with E-state index in [1.807, 2.05) is 0 Å². The van der Waals surface area contributed by atoms with Gasteiger partial charge in [-0.3, -0.25) is 0 Å². The largest absolute Gasteiger partial charge is 0.329 e. The van der Waals surface area contributed by atoms with Gasteiger partial charge < -0.3 is 9.88 Å². The Morgan fingerprint density at radius 1 is 1.25 bits per heavy atom. The third-order valence-electron chi connectivity index (χ3n) is 5.06. The average molecular weight is 275 g/mol. The fourth-order valence-corrected chi connectivity index (χ4v) is 3.95. The maximum Gasteiger partial charge on any atom is 0.109 e. The fourth-order valence-electron chi connectivity index (χ4n) is 3.95. The average Bonchev–Trinajstić information content (AvgIpc) is 2.67. The normalized spacial score (nSPS) is 27.1. The van der Waals surface area contributed by atoms with Crippen molar-refractivity contribution < 1.29 is 0 Å². The Hall–Kier alpha value is -0.830. The summed E-state index contributed by atoms with van der Waals surface area (Å²) in [5, 5.41) is 3.47. The summed E-state index contributed by atoms with van der Waals surface area (Å²) in [6, 6.07) is 0.718. The van der Waals surface area contributed by atoms with Gasteiger partial charge in [-0.2, -0.15) is 0 Å². The Morgan fingerprint density at radius 2 is 2.15 bits per heavy atom. The summed E-state index contributed by atoms with van der Waals surface area (Å²) in [7, 11) is 0. The van der Waals surface area contributed by atoms with Crippen LogP contribution in [0.15, 0.2) is 0 Å². The van der Waals surface area contributed by atoms with E-state index in [4.69, 9.17) is 4.98 Å². The van der Waals surface area contributed by atoms with Crippen molar-refractivity contribution >= 4 is 0 Å². The van der Waals surface area contributed by atoms with E-state index in [0.29, 0.717) is 0 Å². The lowest BCUT2D eigenvalue weighted by molar-refractivity contribution is 0.405. The summed E-state index contributed by atoms with van der Waals surface area (Å²) in [5.74, 6) is 2.27. The molecule has 1 N–H and O–H groups in total. The third-order valence-corrected chi connectivity index (χ3v) is 5.06. The minimum Gasteiger partial charge on any atom is -0.329 e. The number of rotatable bonds is 3. The van der Waals surface area contributed by atoms with Gasteiger partial charge in [-0.1, -0.05) is 26.7 Å². The second-order valence-electron chi connectivity index (χ2n) is 6.74. The zero-order valence-electron chi connectivity index (χ0n) is 13.1. The van der Waals surface area contributed by atoms with Crippen LogP contribution in [-0.2, 0) is 19.4 Å². The van der Waals surface area contributed by atoms with Crippen LogP contribution in [0.3, 0.4) is 0 Å². The number of hydrogen-bond donors (Lipinski definition) is 1. The highest BCUT2D eigenvalue weighted by atomic mass is 15.1. The molecule has 0 spiro atoms. The zero-order chi connectivity index (χ0) is 13.9. The number of nitrogens with zero attached hydrogens (tertiary/aromatic N) is 2. The number of hydrogen-bond acceptors (Lipinski definition) is 2. The van der Waals surface area contributed by atoms with E-state index in [0.717, 1.165) is 37.9 Å². The molecular weight excluding hydrogens is 246 g/mol. The zero-order valence-corrected chi connectivity index (χ0v) is 13.1. The molecule has 20 heavy (non-hydrogen) atoms. The number of imidazole rings is 1. The molecular formula is C17H29N3. The van der Waals surface area contributed by atoms with E-state index in [-0.39, 0.29) is 0 Å². The molecule has 2 aliphatic rings. The Morgan fingerprint density at radius 3 is 3.00 bits per heavy atom. The molecule has 112 valence electrons. The van der Waals surface area contributed by atoms with E-state index in [9.17, 15) is 0 Å². The molecule has 0 amide bonds. The van der Waals surface area contributed by atoms with Crippen LogP contribution in [0.1, 0.15) is 75.6 Å². The molecule has 0 saturated heterocycles. The quantitative estimate of drug-likeness (QED) is 0.854. The van der Waals surface area contributed by atoms with Gasteiger partial charge in [0.15, 0.2) is 0 Å². The summed E-state index contributed by atoms with van der Waals surface area (Å²) in [5.41, 5.74) is 2.88. The minimum absolute atomic E-state index is 0.718. The molecule has 1 aliphatic heterocycles. The summed E-state index contributed by atoms with van der Waals surface area (Å²) < 4.78 is 2.66. The second-order valence-corrected chi connectivity index (χ2v) is 6.74. The number of nitrogens with one attached hydrogen (secondary N) is 1. The topological polar surface area (TPSA) is 29.9 Å². The predicted octanol–water partition coefficient (Wildman–Crippen LogP) is 3.62. The van der Waals surface area contributed by atoms with Crippen molar-refractivity contribution in [2.45, 2.75) is 77.8 Å². The highest BCUT2D eigenvalue weighted by Crippen LogP contribution is 2.33. The monoisotopic (exact) mass is 275 g/mol. The molecule has 1 aromatic heterocycles. The van der Waals surface area contributed by atoms with E-state index < -0.39 is 0 Å². The SMILES string of the molecule is CCCc1nc2c(n1C1CCCC(C)CC1)CCNC2. The molecule has 1 fully saturated rings. The first-order valence-electron chi connectivity index (χ1n) is 8.59. The van der Waals surface area contributed by atoms with Gasteiger partial charge in [0.2, 0.25) is 0 Å². The van der Waals surface area contributed by atoms with Gasteiger partial charge in [-0.15, -0.1) is 0 Å². The van der Waals surface area contributed by atoms with Crippen molar-refractivity contribution in [1.29, 1.82) is 0 Å². The van der Waals surface area contributed by atoms with Crippen LogP contribution in [0.25, 0.3) is 0 Å². The number of aromatic nitrogens is 2. The van der Waals surface area contributed by atoms with Gasteiger partial charge in [0.25, 0.3) is 0 Å². The first kappa shape index (κ1) is 14.1. The molecule has 1 aliphatic carbocycles. The summed E-state index contributed by atoms with van der Waals surface area (Å²) in [6.07, 6.45) is 10.4. The first-order valence-corrected chi connectivity index (χ1v) is 8.59. The first-order chi connectivity index (χ1) is 9.79. The number of aryl methyl sites for hydroxylation is 1. The molecule has 1 saturated carbocycles. The van der Waals surface area contributed by atoms with Gasteiger partial charge in [-0.05, 0) is 31.6 Å². The molecule has 0 bridgehead atoms. The molecule has 2 unspecified atom stereocenters. The maximum absolute atomic E-state index is 4.97. The standard InChI is InChI=1S/C17H29N3/c1-3-5-17-19-15-12-18-11-10-16(15)20(17)14-7-4-6-13(2)8-9-14/h13-14,18H,3-12H2,1-2H3. The van der Waals surface area contributed by atoms with Gasteiger partial charge in [0.05, 0.1) is 5.69 Å². The van der Waals surface area contributed by atoms with Crippen molar-refractivity contribution in [2.75, 3.05) is 6.54 Å². The Kier molecular flexibility index (Phi) is 4.45. The van der Waals surface area contributed by atoms with Crippen LogP contribution >= 0.6 is 0 Å². The van der Waals surface area contributed by atoms with Crippen LogP contribution in [0.2, 0.25) is 0 Å². The Balaban J connectivity index is 1.91. The van der Waals surface area contributed by atoms with Crippen LogP contribution in [0.4, 0.5) is 0 Å². The molecule has 0 aromatic carbocycles. The molecule has 1 aromatic rings. The van der Waals surface area contributed by atoms with E-state index in [2.05, 4.69) is 23.7 Å². The van der Waals surface area contributed by atoms with E-state index in [1.54, 1.807) is 5.69 Å². The van der Waals surface area contributed by atoms with Gasteiger partial charge in [0, 0.05) is 37.7 Å². The van der Waals surface area contributed by atoms with Crippen molar-refractivity contribution in [3.05, 3.63) is 17.2 Å². The Bertz CT molecular complexity index is 449. The lowest BCUT2D eigenvalue weighted by Crippen LogP contribution is -2.26. The van der Waals surface area contributed by atoms with Crippen molar-refractivity contribution in [3.63, 3.8) is 0 Å². The fraction of sp³-hybridized carbons (Fsp3) is 0.824. The highest BCUT2D eigenvalue weighted by molar-refractivity contribution is 5.21. The number of fused-ring (bicyclic) bond motifs is 1. The highest BCUT2D eigenvalue weighted by Gasteiger charge is 2.26. The summed E-state index contributed by atoms with van der Waals surface area (Å²) >= 11 is 0. The third kappa shape index (κ3) is 2.78. The minimum atomic E-state index is 0.718.